The van der Waals surface area contributed by atoms with Gasteiger partial charge in [-0.3, -0.25) is 4.79 Å². The highest BCUT2D eigenvalue weighted by molar-refractivity contribution is 6.31. The lowest BCUT2D eigenvalue weighted by atomic mass is 10.1. The number of benzene rings is 2. The number of imidazole rings is 1. The fourth-order valence-corrected chi connectivity index (χ4v) is 4.64. The standard InChI is InChI=1S/C24H21ClF3N5O/c1-12-16-4-3-5-20(16)33(32-12)21-9-6-14(10-17(21)24(26,27)28)23(34)29-13(2)22-30-18-8-7-15(25)11-19(18)31-22/h6-11,13H,3-5H2,1-2H3,(H,29,34)(H,30,31). The third kappa shape index (κ3) is 3.94. The van der Waals surface area contributed by atoms with Crippen molar-refractivity contribution in [3.8, 4) is 5.69 Å². The molecule has 10 heteroatoms. The Morgan fingerprint density at radius 1 is 1.21 bits per heavy atom. The van der Waals surface area contributed by atoms with Gasteiger partial charge in [0.05, 0.1) is 34.0 Å². The van der Waals surface area contributed by atoms with Gasteiger partial charge in [0, 0.05) is 16.3 Å². The van der Waals surface area contributed by atoms with E-state index >= 15 is 0 Å². The molecule has 1 unspecified atom stereocenters. The molecule has 34 heavy (non-hydrogen) atoms. The number of rotatable bonds is 4. The summed E-state index contributed by atoms with van der Waals surface area (Å²) in [7, 11) is 0. The Morgan fingerprint density at radius 3 is 2.76 bits per heavy atom. The number of fused-ring (bicyclic) bond motifs is 2. The van der Waals surface area contributed by atoms with Gasteiger partial charge >= 0.3 is 6.18 Å². The van der Waals surface area contributed by atoms with Gasteiger partial charge in [-0.15, -0.1) is 0 Å². The predicted molar refractivity (Wildman–Crippen MR) is 122 cm³/mol. The number of aromatic nitrogens is 4. The average Bonchev–Trinajstić information content (AvgIpc) is 3.49. The lowest BCUT2D eigenvalue weighted by Crippen LogP contribution is -2.28. The first kappa shape index (κ1) is 22.5. The molecule has 0 saturated heterocycles. The summed E-state index contributed by atoms with van der Waals surface area (Å²) in [6.45, 7) is 3.51. The number of nitrogens with zero attached hydrogens (tertiary/aromatic N) is 3. The Morgan fingerprint density at radius 2 is 2.00 bits per heavy atom. The minimum atomic E-state index is -4.65. The Bertz CT molecular complexity index is 1420. The Labute approximate surface area is 198 Å². The van der Waals surface area contributed by atoms with Gasteiger partial charge in [-0.25, -0.2) is 9.67 Å². The number of alkyl halides is 3. The fraction of sp³-hybridized carbons (Fsp3) is 0.292. The van der Waals surface area contributed by atoms with Crippen LogP contribution in [0.3, 0.4) is 0 Å². The molecule has 1 atom stereocenters. The highest BCUT2D eigenvalue weighted by Gasteiger charge is 2.36. The maximum Gasteiger partial charge on any atom is 0.418 e. The van der Waals surface area contributed by atoms with Gasteiger partial charge < -0.3 is 10.3 Å². The molecule has 0 saturated carbocycles. The molecule has 2 N–H and O–H groups in total. The van der Waals surface area contributed by atoms with Gasteiger partial charge in [-0.1, -0.05) is 11.6 Å². The lowest BCUT2D eigenvalue weighted by Gasteiger charge is -2.17. The summed E-state index contributed by atoms with van der Waals surface area (Å²) in [4.78, 5) is 20.4. The molecule has 2 aromatic carbocycles. The number of hydrogen-bond acceptors (Lipinski definition) is 3. The van der Waals surface area contributed by atoms with Crippen molar-refractivity contribution in [1.82, 2.24) is 25.1 Å². The number of carbonyl (C=O) groups is 1. The summed E-state index contributed by atoms with van der Waals surface area (Å²) in [6, 6.07) is 8.19. The number of H-pyrrole nitrogens is 1. The summed E-state index contributed by atoms with van der Waals surface area (Å²) in [6.07, 6.45) is -2.27. The highest BCUT2D eigenvalue weighted by Crippen LogP contribution is 2.37. The number of amides is 1. The zero-order valence-corrected chi connectivity index (χ0v) is 19.2. The van der Waals surface area contributed by atoms with E-state index in [1.54, 1.807) is 25.1 Å². The van der Waals surface area contributed by atoms with Crippen LogP contribution in [0.4, 0.5) is 13.2 Å². The molecule has 0 spiro atoms. The monoisotopic (exact) mass is 487 g/mol. The Hall–Kier alpha value is -3.33. The van der Waals surface area contributed by atoms with Crippen LogP contribution in [-0.4, -0.2) is 25.7 Å². The molecule has 0 fully saturated rings. The summed E-state index contributed by atoms with van der Waals surface area (Å²) in [5, 5.41) is 7.62. The van der Waals surface area contributed by atoms with Crippen molar-refractivity contribution in [1.29, 1.82) is 0 Å². The van der Waals surface area contributed by atoms with Gasteiger partial charge in [0.25, 0.3) is 5.91 Å². The second-order valence-corrected chi connectivity index (χ2v) is 8.92. The van der Waals surface area contributed by atoms with Crippen LogP contribution in [0.2, 0.25) is 5.02 Å². The Kier molecular flexibility index (Phi) is 5.39. The minimum absolute atomic E-state index is 0.0717. The van der Waals surface area contributed by atoms with Gasteiger partial charge in [0.15, 0.2) is 0 Å². The fourth-order valence-electron chi connectivity index (χ4n) is 4.47. The molecule has 2 heterocycles. The molecule has 2 aromatic heterocycles. The van der Waals surface area contributed by atoms with Crippen molar-refractivity contribution in [3.05, 3.63) is 75.3 Å². The van der Waals surface area contributed by atoms with Crippen LogP contribution < -0.4 is 5.32 Å². The van der Waals surface area contributed by atoms with Crippen LogP contribution in [0.15, 0.2) is 36.4 Å². The van der Waals surface area contributed by atoms with Crippen molar-refractivity contribution >= 4 is 28.5 Å². The second-order valence-electron chi connectivity index (χ2n) is 8.48. The summed E-state index contributed by atoms with van der Waals surface area (Å²) in [5.41, 5.74) is 2.86. The third-order valence-electron chi connectivity index (χ3n) is 6.14. The first-order valence-electron chi connectivity index (χ1n) is 10.9. The number of carbonyl (C=O) groups excluding carboxylic acids is 1. The van der Waals surface area contributed by atoms with Crippen molar-refractivity contribution in [2.24, 2.45) is 0 Å². The van der Waals surface area contributed by atoms with Crippen LogP contribution in [-0.2, 0) is 19.0 Å². The summed E-state index contributed by atoms with van der Waals surface area (Å²) >= 11 is 6.00. The van der Waals surface area contributed by atoms with E-state index in [0.717, 1.165) is 35.9 Å². The van der Waals surface area contributed by atoms with Crippen molar-refractivity contribution in [2.75, 3.05) is 0 Å². The maximum absolute atomic E-state index is 14.0. The van der Waals surface area contributed by atoms with Crippen LogP contribution >= 0.6 is 11.6 Å². The molecule has 0 radical (unpaired) electrons. The van der Waals surface area contributed by atoms with E-state index < -0.39 is 23.7 Å². The molecule has 176 valence electrons. The van der Waals surface area contributed by atoms with Gasteiger partial charge in [0.1, 0.15) is 5.82 Å². The smallest absolute Gasteiger partial charge is 0.342 e. The number of nitrogens with one attached hydrogen (secondary N) is 2. The predicted octanol–water partition coefficient (Wildman–Crippen LogP) is 5.71. The number of aryl methyl sites for hydroxylation is 1. The second kappa shape index (κ2) is 8.16. The molecule has 0 aliphatic heterocycles. The molecule has 1 amide bonds. The molecule has 6 nitrogen and oxygen atoms in total. The molecular formula is C24H21ClF3N5O. The van der Waals surface area contributed by atoms with E-state index in [0.29, 0.717) is 28.3 Å². The topological polar surface area (TPSA) is 75.6 Å². The molecule has 0 bridgehead atoms. The zero-order valence-electron chi connectivity index (χ0n) is 18.4. The maximum atomic E-state index is 14.0. The van der Waals surface area contributed by atoms with Crippen molar-refractivity contribution in [2.45, 2.75) is 45.3 Å². The molecule has 1 aliphatic carbocycles. The van der Waals surface area contributed by atoms with Crippen LogP contribution in [0.1, 0.15) is 58.1 Å². The Balaban J connectivity index is 1.45. The van der Waals surface area contributed by atoms with E-state index in [1.165, 1.54) is 16.8 Å². The summed E-state index contributed by atoms with van der Waals surface area (Å²) < 4.78 is 43.4. The van der Waals surface area contributed by atoms with E-state index in [1.807, 2.05) is 6.92 Å². The van der Waals surface area contributed by atoms with E-state index in [4.69, 9.17) is 11.6 Å². The quantitative estimate of drug-likeness (QED) is 0.387. The van der Waals surface area contributed by atoms with E-state index in [-0.39, 0.29) is 11.3 Å². The van der Waals surface area contributed by atoms with Crippen molar-refractivity contribution in [3.63, 3.8) is 0 Å². The van der Waals surface area contributed by atoms with E-state index in [9.17, 15) is 18.0 Å². The third-order valence-corrected chi connectivity index (χ3v) is 6.38. The molecule has 5 rings (SSSR count). The van der Waals surface area contributed by atoms with Gasteiger partial charge in [-0.05, 0) is 75.1 Å². The SMILES string of the molecule is Cc1nn(-c2ccc(C(=O)NC(C)c3nc4ccc(Cl)cc4[nH]3)cc2C(F)(F)F)c2c1CCC2. The summed E-state index contributed by atoms with van der Waals surface area (Å²) in [5.74, 6) is -0.161. The first-order chi connectivity index (χ1) is 16.1. The molecule has 1 aliphatic rings. The zero-order chi connectivity index (χ0) is 24.2. The number of hydrogen-bond donors (Lipinski definition) is 2. The minimum Gasteiger partial charge on any atom is -0.342 e. The first-order valence-corrected chi connectivity index (χ1v) is 11.2. The van der Waals surface area contributed by atoms with Crippen LogP contribution in [0.5, 0.6) is 0 Å². The van der Waals surface area contributed by atoms with Crippen molar-refractivity contribution < 1.29 is 18.0 Å². The van der Waals surface area contributed by atoms with Crippen LogP contribution in [0.25, 0.3) is 16.7 Å². The molecule has 4 aromatic rings. The van der Waals surface area contributed by atoms with Gasteiger partial charge in [-0.2, -0.15) is 18.3 Å². The van der Waals surface area contributed by atoms with Gasteiger partial charge in [0.2, 0.25) is 0 Å². The highest BCUT2D eigenvalue weighted by atomic mass is 35.5. The molecular weight excluding hydrogens is 467 g/mol. The van der Waals surface area contributed by atoms with Crippen LogP contribution in [0, 0.1) is 6.92 Å². The lowest BCUT2D eigenvalue weighted by molar-refractivity contribution is -0.137. The largest absolute Gasteiger partial charge is 0.418 e. The number of aromatic amines is 1. The average molecular weight is 488 g/mol. The van der Waals surface area contributed by atoms with E-state index in [2.05, 4.69) is 20.4 Å². The number of halogens is 4. The normalized spacial score (nSPS) is 14.4.